The molecule has 0 atom stereocenters. The van der Waals surface area contributed by atoms with E-state index < -0.39 is 0 Å². The molecule has 0 saturated heterocycles. The molecule has 3 aromatic rings. The minimum atomic E-state index is -0.320. The number of anilines is 1. The normalized spacial score (nSPS) is 14.1. The first-order valence-electron chi connectivity index (χ1n) is 8.29. The summed E-state index contributed by atoms with van der Waals surface area (Å²) in [6.45, 7) is 1.93. The molecular formula is C20H17N3O4. The summed E-state index contributed by atoms with van der Waals surface area (Å²) < 4.78 is 5.40. The molecule has 4 rings (SSSR count). The number of carbonyl (C=O) groups excluding carboxylic acids is 1. The van der Waals surface area contributed by atoms with Crippen LogP contribution in [0.4, 0.5) is 5.69 Å². The summed E-state index contributed by atoms with van der Waals surface area (Å²) >= 11 is 0. The summed E-state index contributed by atoms with van der Waals surface area (Å²) in [5, 5.41) is 18.6. The number of hydrogen-bond acceptors (Lipinski definition) is 6. The second-order valence-electron chi connectivity index (χ2n) is 5.53. The van der Waals surface area contributed by atoms with E-state index in [4.69, 9.17) is 9.52 Å². The number of nitrogens with one attached hydrogen (secondary N) is 1. The molecule has 7 heteroatoms. The van der Waals surface area contributed by atoms with Gasteiger partial charge in [-0.3, -0.25) is 9.59 Å². The number of fused-ring (bicyclic) bond motifs is 2. The van der Waals surface area contributed by atoms with Crippen LogP contribution in [0.25, 0.3) is 11.0 Å². The quantitative estimate of drug-likeness (QED) is 0.539. The summed E-state index contributed by atoms with van der Waals surface area (Å²) in [5.41, 5.74) is 2.18. The molecule has 1 aliphatic heterocycles. The number of para-hydroxylation sites is 2. The Kier molecular flexibility index (Phi) is 5.53. The minimum Gasteiger partial charge on any atom is -0.463 e. The Labute approximate surface area is 154 Å². The zero-order valence-electron chi connectivity index (χ0n) is 14.5. The van der Waals surface area contributed by atoms with Gasteiger partial charge >= 0.3 is 0 Å². The zero-order valence-corrected chi connectivity index (χ0v) is 14.5. The molecule has 0 unspecified atom stereocenters. The lowest BCUT2D eigenvalue weighted by atomic mass is 10.1. The lowest BCUT2D eigenvalue weighted by molar-refractivity contribution is -0.110. The molecule has 0 saturated carbocycles. The van der Waals surface area contributed by atoms with Gasteiger partial charge in [-0.2, -0.15) is 5.10 Å². The Balaban J connectivity index is 0.000000659. The molecule has 1 aromatic heterocycles. The predicted octanol–water partition coefficient (Wildman–Crippen LogP) is 2.57. The van der Waals surface area contributed by atoms with Gasteiger partial charge in [0.15, 0.2) is 5.71 Å². The number of benzene rings is 2. The van der Waals surface area contributed by atoms with Gasteiger partial charge in [0.1, 0.15) is 11.8 Å². The first-order chi connectivity index (χ1) is 13.2. The van der Waals surface area contributed by atoms with Crippen molar-refractivity contribution in [3.05, 3.63) is 76.1 Å². The van der Waals surface area contributed by atoms with Gasteiger partial charge < -0.3 is 14.8 Å². The van der Waals surface area contributed by atoms with Crippen LogP contribution in [0, 0.1) is 0 Å². The van der Waals surface area contributed by atoms with Crippen LogP contribution < -0.4 is 10.7 Å². The average Bonchev–Trinajstić information content (AvgIpc) is 3.00. The van der Waals surface area contributed by atoms with E-state index in [1.807, 2.05) is 12.1 Å². The number of hydrogen-bond donors (Lipinski definition) is 2. The highest BCUT2D eigenvalue weighted by Crippen LogP contribution is 2.22. The van der Waals surface area contributed by atoms with E-state index in [-0.39, 0.29) is 29.2 Å². The Morgan fingerprint density at radius 3 is 2.63 bits per heavy atom. The van der Waals surface area contributed by atoms with Crippen molar-refractivity contribution in [2.24, 2.45) is 10.2 Å². The highest BCUT2D eigenvalue weighted by atomic mass is 16.3. The number of carbonyl (C=O) groups is 1. The second kappa shape index (κ2) is 8.20. The molecule has 2 N–H and O–H groups in total. The summed E-state index contributed by atoms with van der Waals surface area (Å²) in [7, 11) is 0. The average molecular weight is 363 g/mol. The van der Waals surface area contributed by atoms with E-state index in [0.717, 1.165) is 0 Å². The Hall–Kier alpha value is -3.58. The third kappa shape index (κ3) is 3.83. The fourth-order valence-corrected chi connectivity index (χ4v) is 2.53. The maximum atomic E-state index is 12.3. The number of nitrogens with zero attached hydrogens (tertiary/aromatic N) is 2. The summed E-state index contributed by atoms with van der Waals surface area (Å²) in [4.78, 5) is 24.3. The maximum absolute atomic E-state index is 12.3. The van der Waals surface area contributed by atoms with Gasteiger partial charge in [0.2, 0.25) is 5.43 Å². The molecule has 1 amide bonds. The molecule has 7 nitrogen and oxygen atoms in total. The molecule has 136 valence electrons. The van der Waals surface area contributed by atoms with Crippen molar-refractivity contribution in [3.63, 3.8) is 0 Å². The van der Waals surface area contributed by atoms with Crippen molar-refractivity contribution in [1.29, 1.82) is 0 Å². The molecule has 0 fully saturated rings. The summed E-state index contributed by atoms with van der Waals surface area (Å²) in [5.74, 6) is -0.320. The number of amides is 1. The van der Waals surface area contributed by atoms with Crippen molar-refractivity contribution in [3.8, 4) is 0 Å². The van der Waals surface area contributed by atoms with Gasteiger partial charge in [0.05, 0.1) is 22.9 Å². The molecule has 27 heavy (non-hydrogen) atoms. The first kappa shape index (κ1) is 18.2. The molecule has 2 aromatic carbocycles. The van der Waals surface area contributed by atoms with Crippen LogP contribution in [-0.2, 0) is 4.79 Å². The highest BCUT2D eigenvalue weighted by molar-refractivity contribution is 6.53. The number of aliphatic hydroxyl groups is 1. The monoisotopic (exact) mass is 363 g/mol. The second-order valence-corrected chi connectivity index (χ2v) is 5.53. The maximum Gasteiger partial charge on any atom is 0.276 e. The predicted molar refractivity (Wildman–Crippen MR) is 104 cm³/mol. The van der Waals surface area contributed by atoms with Crippen molar-refractivity contribution in [2.75, 3.05) is 11.9 Å². The Morgan fingerprint density at radius 1 is 1.11 bits per heavy atom. The van der Waals surface area contributed by atoms with Crippen molar-refractivity contribution in [1.82, 2.24) is 0 Å². The van der Waals surface area contributed by atoms with Crippen molar-refractivity contribution >= 4 is 34.5 Å². The molecule has 0 radical (unpaired) electrons. The summed E-state index contributed by atoms with van der Waals surface area (Å²) in [6.07, 6.45) is 2.62. The minimum absolute atomic E-state index is 0.197. The summed E-state index contributed by atoms with van der Waals surface area (Å²) in [6, 6.07) is 14.2. The smallest absolute Gasteiger partial charge is 0.276 e. The highest BCUT2D eigenvalue weighted by Gasteiger charge is 2.25. The molecular weight excluding hydrogens is 346 g/mol. The van der Waals surface area contributed by atoms with Crippen LogP contribution in [0.2, 0.25) is 0 Å². The third-order valence-electron chi connectivity index (χ3n) is 3.71. The van der Waals surface area contributed by atoms with Crippen molar-refractivity contribution < 1.29 is 14.3 Å². The Morgan fingerprint density at radius 2 is 1.81 bits per heavy atom. The fourth-order valence-electron chi connectivity index (χ4n) is 2.53. The SMILES string of the molecule is CCO.O=C1Nc2ccccc2/C1=N/N=C/c1coc2ccccc2c1=O. The molecule has 0 aliphatic carbocycles. The van der Waals surface area contributed by atoms with E-state index >= 15 is 0 Å². The van der Waals surface area contributed by atoms with Crippen LogP contribution in [0.15, 0.2) is 74.2 Å². The standard InChI is InChI=1S/C18H11N3O3.C2H6O/c22-17-11(10-24-15-8-4-2-6-13(15)17)9-19-21-16-12-5-1-3-7-14(12)20-18(16)23;1-2-3/h1-10H,(H,20,21,23);3H,2H2,1H3/b19-9+;. The van der Waals surface area contributed by atoms with E-state index in [1.165, 1.54) is 12.5 Å². The first-order valence-corrected chi connectivity index (χ1v) is 8.29. The van der Waals surface area contributed by atoms with Gasteiger partial charge in [-0.25, -0.2) is 0 Å². The van der Waals surface area contributed by atoms with Crippen molar-refractivity contribution in [2.45, 2.75) is 6.92 Å². The van der Waals surface area contributed by atoms with Crippen LogP contribution in [0.3, 0.4) is 0 Å². The van der Waals surface area contributed by atoms with E-state index in [2.05, 4.69) is 15.5 Å². The van der Waals surface area contributed by atoms with Crippen LogP contribution in [0.5, 0.6) is 0 Å². The third-order valence-corrected chi connectivity index (χ3v) is 3.71. The van der Waals surface area contributed by atoms with Gasteiger partial charge in [-0.15, -0.1) is 5.10 Å². The largest absolute Gasteiger partial charge is 0.463 e. The molecule has 0 bridgehead atoms. The fraction of sp³-hybridized carbons (Fsp3) is 0.100. The van der Waals surface area contributed by atoms with Gasteiger partial charge in [-0.05, 0) is 25.1 Å². The van der Waals surface area contributed by atoms with Gasteiger partial charge in [0, 0.05) is 12.2 Å². The zero-order chi connectivity index (χ0) is 19.2. The van der Waals surface area contributed by atoms with Crippen LogP contribution in [0.1, 0.15) is 18.1 Å². The number of rotatable bonds is 2. The Bertz CT molecular complexity index is 1100. The van der Waals surface area contributed by atoms with Gasteiger partial charge in [0.25, 0.3) is 5.91 Å². The molecule has 1 aliphatic rings. The van der Waals surface area contributed by atoms with Gasteiger partial charge in [-0.1, -0.05) is 30.3 Å². The molecule has 2 heterocycles. The van der Waals surface area contributed by atoms with E-state index in [1.54, 1.807) is 43.3 Å². The topological polar surface area (TPSA) is 104 Å². The van der Waals surface area contributed by atoms with E-state index in [0.29, 0.717) is 22.2 Å². The van der Waals surface area contributed by atoms with E-state index in [9.17, 15) is 9.59 Å². The lowest BCUT2D eigenvalue weighted by Gasteiger charge is -1.96. The van der Waals surface area contributed by atoms with Crippen LogP contribution >= 0.6 is 0 Å². The number of aliphatic hydroxyl groups excluding tert-OH is 1. The van der Waals surface area contributed by atoms with Crippen LogP contribution in [-0.4, -0.2) is 29.5 Å². The lowest BCUT2D eigenvalue weighted by Crippen LogP contribution is -2.14. The molecule has 0 spiro atoms.